The molecule has 0 unspecified atom stereocenters. The number of fused-ring (bicyclic) bond motifs is 1. The molecule has 1 aliphatic carbocycles. The summed E-state index contributed by atoms with van der Waals surface area (Å²) in [6, 6.07) is 8.07. The highest BCUT2D eigenvalue weighted by molar-refractivity contribution is 6.08. The fourth-order valence-corrected chi connectivity index (χ4v) is 5.00. The van der Waals surface area contributed by atoms with Crippen LogP contribution in [0.4, 0.5) is 25.0 Å². The van der Waals surface area contributed by atoms with Gasteiger partial charge < -0.3 is 9.47 Å². The maximum Gasteiger partial charge on any atom is 0.335 e. The van der Waals surface area contributed by atoms with E-state index in [1.807, 2.05) is 12.1 Å². The van der Waals surface area contributed by atoms with Crippen LogP contribution < -0.4 is 19.3 Å². The number of nitrogens with zero attached hydrogens (tertiary/aromatic N) is 6. The number of anilines is 2. The van der Waals surface area contributed by atoms with Crippen molar-refractivity contribution < 1.29 is 23.0 Å². The number of methoxy groups -OCH3 is 2. The van der Waals surface area contributed by atoms with E-state index < -0.39 is 28.8 Å². The van der Waals surface area contributed by atoms with Gasteiger partial charge in [0.25, 0.3) is 0 Å². The van der Waals surface area contributed by atoms with E-state index in [4.69, 9.17) is 9.47 Å². The van der Waals surface area contributed by atoms with Crippen LogP contribution in [-0.4, -0.2) is 36.9 Å². The first-order valence-electron chi connectivity index (χ1n) is 12.5. The van der Waals surface area contributed by atoms with E-state index in [2.05, 4.69) is 27.7 Å². The average Bonchev–Trinajstić information content (AvgIpc) is 2.95. The number of carbonyl (C=O) groups excluding carboxylic acids is 1. The minimum absolute atomic E-state index is 0.165. The van der Waals surface area contributed by atoms with Crippen molar-refractivity contribution in [1.82, 2.24) is 9.97 Å². The van der Waals surface area contributed by atoms with Gasteiger partial charge in [-0.25, -0.2) is 23.5 Å². The number of allylic oxidation sites excluding steroid dienone is 1. The van der Waals surface area contributed by atoms with Gasteiger partial charge in [-0.3, -0.25) is 14.9 Å². The zero-order valence-electron chi connectivity index (χ0n) is 22.2. The van der Waals surface area contributed by atoms with Gasteiger partial charge in [0.2, 0.25) is 0 Å². The largest absolute Gasteiger partial charge is 0.493 e. The number of hydrogen-bond donors (Lipinski definition) is 0. The lowest BCUT2D eigenvalue weighted by Crippen LogP contribution is -2.47. The molecule has 0 radical (unpaired) electrons. The number of rotatable bonds is 7. The summed E-state index contributed by atoms with van der Waals surface area (Å²) in [6.07, 6.45) is 7.30. The van der Waals surface area contributed by atoms with Crippen LogP contribution in [0.1, 0.15) is 37.4 Å². The maximum absolute atomic E-state index is 15.4. The average molecular weight is 545 g/mol. The van der Waals surface area contributed by atoms with Gasteiger partial charge in [-0.2, -0.15) is 5.26 Å². The molecule has 1 aromatic carbocycles. The van der Waals surface area contributed by atoms with Crippen LogP contribution in [0.5, 0.6) is 11.5 Å². The van der Waals surface area contributed by atoms with E-state index in [1.54, 1.807) is 25.3 Å². The van der Waals surface area contributed by atoms with Gasteiger partial charge in [0.1, 0.15) is 11.5 Å². The summed E-state index contributed by atoms with van der Waals surface area (Å²) in [7, 11) is 2.47. The number of urea groups is 1. The number of hydrogen-bond acceptors (Lipinski definition) is 7. The first kappa shape index (κ1) is 26.7. The molecule has 2 aliphatic rings. The Morgan fingerprint density at radius 3 is 2.35 bits per heavy atom. The molecule has 2 amide bonds. The smallest absolute Gasteiger partial charge is 0.335 e. The number of aromatic nitrogens is 2. The first-order valence-corrected chi connectivity index (χ1v) is 12.5. The Labute approximate surface area is 230 Å². The fraction of sp³-hybridized carbons (Fsp3) is 0.276. The number of halogens is 2. The Hall–Kier alpha value is -4.85. The highest BCUT2D eigenvalue weighted by Gasteiger charge is 2.41. The SMILES string of the molecule is C=N/C(=C\C)N1C(=O)N(c2c(F)c(OC)cc(OC)c2F)Cc2cnc(-c3ccc(C4(C#N)CCC4)nc3)cc21. The zero-order valence-corrected chi connectivity index (χ0v) is 22.2. The van der Waals surface area contributed by atoms with E-state index in [0.29, 0.717) is 22.5 Å². The lowest BCUT2D eigenvalue weighted by atomic mass is 9.67. The predicted molar refractivity (Wildman–Crippen MR) is 145 cm³/mol. The monoisotopic (exact) mass is 544 g/mol. The molecule has 0 bridgehead atoms. The topological polar surface area (TPSA) is 104 Å². The molecule has 3 heterocycles. The van der Waals surface area contributed by atoms with Crippen LogP contribution in [0, 0.1) is 23.0 Å². The molecule has 1 aliphatic heterocycles. The molecule has 1 saturated carbocycles. The molecule has 11 heteroatoms. The first-order chi connectivity index (χ1) is 19.3. The number of amides is 2. The zero-order chi connectivity index (χ0) is 28.6. The van der Waals surface area contributed by atoms with Gasteiger partial charge in [0.05, 0.1) is 49.3 Å². The second-order valence-electron chi connectivity index (χ2n) is 9.44. The van der Waals surface area contributed by atoms with Crippen molar-refractivity contribution in [3.8, 4) is 28.8 Å². The number of aliphatic imine (C=N–C) groups is 1. The molecule has 0 N–H and O–H groups in total. The molecular weight excluding hydrogens is 518 g/mol. The van der Waals surface area contributed by atoms with E-state index in [-0.39, 0.29) is 23.9 Å². The molecule has 0 saturated heterocycles. The van der Waals surface area contributed by atoms with Crippen LogP contribution in [0.3, 0.4) is 0 Å². The third-order valence-corrected chi connectivity index (χ3v) is 7.39. The van der Waals surface area contributed by atoms with Gasteiger partial charge >= 0.3 is 6.03 Å². The summed E-state index contributed by atoms with van der Waals surface area (Å²) >= 11 is 0. The van der Waals surface area contributed by atoms with Gasteiger partial charge in [0, 0.05) is 29.6 Å². The number of benzene rings is 1. The molecule has 3 aromatic rings. The van der Waals surface area contributed by atoms with Crippen LogP contribution in [0.15, 0.2) is 53.5 Å². The Balaban J connectivity index is 1.60. The third kappa shape index (κ3) is 4.12. The highest BCUT2D eigenvalue weighted by Crippen LogP contribution is 2.44. The lowest BCUT2D eigenvalue weighted by Gasteiger charge is -2.37. The van der Waals surface area contributed by atoms with Crippen molar-refractivity contribution in [3.05, 3.63) is 71.4 Å². The predicted octanol–water partition coefficient (Wildman–Crippen LogP) is 5.89. The van der Waals surface area contributed by atoms with Crippen molar-refractivity contribution in [1.29, 1.82) is 5.26 Å². The molecule has 0 spiro atoms. The van der Waals surface area contributed by atoms with E-state index in [9.17, 15) is 10.1 Å². The van der Waals surface area contributed by atoms with E-state index in [0.717, 1.165) is 35.9 Å². The van der Waals surface area contributed by atoms with Crippen LogP contribution in [0.25, 0.3) is 11.3 Å². The minimum Gasteiger partial charge on any atom is -0.493 e. The standard InChI is InChI=1S/C29H26F2N6O3/c1-5-24(33-2)37-20-11-19(17-7-8-23(35-13-17)29(16-32)9-6-10-29)34-14-18(20)15-36(28(37)38)27-25(30)21(39-3)12-22(40-4)26(27)31/h5,7-8,11-14H,2,6,9-10,15H2,1,3-4H3/b24-5+. The number of pyridine rings is 2. The third-order valence-electron chi connectivity index (χ3n) is 7.39. The minimum atomic E-state index is -1.05. The van der Waals surface area contributed by atoms with Crippen molar-refractivity contribution in [2.45, 2.75) is 38.1 Å². The summed E-state index contributed by atoms with van der Waals surface area (Å²) < 4.78 is 40.9. The molecular formula is C29H26F2N6O3. The summed E-state index contributed by atoms with van der Waals surface area (Å²) in [4.78, 5) is 29.1. The van der Waals surface area contributed by atoms with Gasteiger partial charge in [-0.05, 0) is 57.2 Å². The summed E-state index contributed by atoms with van der Waals surface area (Å²) in [5, 5.41) is 9.63. The summed E-state index contributed by atoms with van der Waals surface area (Å²) in [6.45, 7) is 5.05. The summed E-state index contributed by atoms with van der Waals surface area (Å²) in [5.74, 6) is -2.50. The van der Waals surface area contributed by atoms with Gasteiger partial charge in [-0.15, -0.1) is 0 Å². The molecule has 5 rings (SSSR count). The van der Waals surface area contributed by atoms with Crippen LogP contribution in [0.2, 0.25) is 0 Å². The van der Waals surface area contributed by atoms with Gasteiger partial charge in [0.15, 0.2) is 23.1 Å². The molecule has 204 valence electrons. The quantitative estimate of drug-likeness (QED) is 0.344. The fourth-order valence-electron chi connectivity index (χ4n) is 5.00. The maximum atomic E-state index is 15.4. The van der Waals surface area contributed by atoms with Crippen molar-refractivity contribution in [3.63, 3.8) is 0 Å². The summed E-state index contributed by atoms with van der Waals surface area (Å²) in [5.41, 5.74) is 1.69. The van der Waals surface area contributed by atoms with E-state index >= 15 is 8.78 Å². The van der Waals surface area contributed by atoms with Crippen molar-refractivity contribution >= 4 is 24.1 Å². The van der Waals surface area contributed by atoms with Crippen molar-refractivity contribution in [2.75, 3.05) is 24.0 Å². The Morgan fingerprint density at radius 2 is 1.85 bits per heavy atom. The van der Waals surface area contributed by atoms with Crippen LogP contribution in [-0.2, 0) is 12.0 Å². The molecule has 0 atom stereocenters. The number of ether oxygens (including phenoxy) is 2. The molecule has 9 nitrogen and oxygen atoms in total. The molecule has 2 aromatic heterocycles. The van der Waals surface area contributed by atoms with Crippen LogP contribution >= 0.6 is 0 Å². The normalized spacial score (nSPS) is 16.1. The highest BCUT2D eigenvalue weighted by atomic mass is 19.1. The Bertz CT molecular complexity index is 1550. The molecule has 1 fully saturated rings. The Morgan fingerprint density at radius 1 is 1.15 bits per heavy atom. The lowest BCUT2D eigenvalue weighted by molar-refractivity contribution is 0.250. The van der Waals surface area contributed by atoms with Crippen molar-refractivity contribution in [2.24, 2.45) is 4.99 Å². The van der Waals surface area contributed by atoms with E-state index in [1.165, 1.54) is 25.3 Å². The number of carbonyl (C=O) groups is 1. The van der Waals surface area contributed by atoms with Gasteiger partial charge in [-0.1, -0.05) is 0 Å². The second-order valence-corrected chi connectivity index (χ2v) is 9.44. The molecule has 40 heavy (non-hydrogen) atoms. The second kappa shape index (κ2) is 10.4. The Kier molecular flexibility index (Phi) is 6.94. The number of nitriles is 1.